The van der Waals surface area contributed by atoms with E-state index in [2.05, 4.69) is 0 Å². The normalized spacial score (nSPS) is 18.9. The van der Waals surface area contributed by atoms with E-state index >= 15 is 0 Å². The maximum Gasteiger partial charge on any atom is 0.191 e. The Morgan fingerprint density at radius 3 is 2.67 bits per heavy atom. The number of rotatable bonds is 4. The third-order valence-corrected chi connectivity index (χ3v) is 2.77. The highest BCUT2D eigenvalue weighted by molar-refractivity contribution is 6.09. The summed E-state index contributed by atoms with van der Waals surface area (Å²) >= 11 is 0. The molecule has 0 saturated carbocycles. The number of nitrogens with two attached hydrogens (primary N) is 1. The minimum absolute atomic E-state index is 0.0638. The number of carbonyl (C=O) groups excluding carboxylic acids is 1. The first-order valence-corrected chi connectivity index (χ1v) is 5.74. The molecule has 94 valence electrons. The lowest BCUT2D eigenvalue weighted by atomic mass is 9.93. The van der Waals surface area contributed by atoms with Crippen LogP contribution in [0.4, 0.5) is 0 Å². The first-order chi connectivity index (χ1) is 8.72. The molecule has 0 radical (unpaired) electrons. The fraction of sp³-hybridized carbons (Fsp3) is 0.214. The van der Waals surface area contributed by atoms with Crippen molar-refractivity contribution in [2.75, 3.05) is 6.73 Å². The van der Waals surface area contributed by atoms with Crippen LogP contribution in [0.25, 0.3) is 0 Å². The molecule has 1 aliphatic carbocycles. The topological polar surface area (TPSA) is 72.5 Å². The first kappa shape index (κ1) is 12.5. The zero-order valence-electron chi connectivity index (χ0n) is 9.87. The van der Waals surface area contributed by atoms with Gasteiger partial charge in [-0.3, -0.25) is 10.5 Å². The predicted molar refractivity (Wildman–Crippen MR) is 67.7 cm³/mol. The molecule has 0 aromatic heterocycles. The second-order valence-electron chi connectivity index (χ2n) is 3.98. The van der Waals surface area contributed by atoms with E-state index in [9.17, 15) is 9.90 Å². The van der Waals surface area contributed by atoms with E-state index < -0.39 is 6.10 Å². The van der Waals surface area contributed by atoms with E-state index in [0.29, 0.717) is 16.9 Å². The lowest BCUT2D eigenvalue weighted by Gasteiger charge is -2.19. The molecule has 0 amide bonds. The fourth-order valence-corrected chi connectivity index (χ4v) is 1.86. The number of aliphatic hydroxyl groups is 1. The van der Waals surface area contributed by atoms with Crippen molar-refractivity contribution in [1.82, 2.24) is 0 Å². The van der Waals surface area contributed by atoms with Gasteiger partial charge in [-0.1, -0.05) is 30.3 Å². The van der Waals surface area contributed by atoms with Crippen molar-refractivity contribution >= 4 is 5.78 Å². The molecule has 4 nitrogen and oxygen atoms in total. The van der Waals surface area contributed by atoms with Gasteiger partial charge in [-0.15, -0.1) is 0 Å². The minimum atomic E-state index is -0.843. The molecule has 4 heteroatoms. The molecule has 18 heavy (non-hydrogen) atoms. The van der Waals surface area contributed by atoms with Gasteiger partial charge in [0.15, 0.2) is 5.78 Å². The molecule has 3 N–H and O–H groups in total. The molecule has 1 aliphatic rings. The molecule has 0 heterocycles. The Balaban J connectivity index is 2.21. The number of hydrogen-bond acceptors (Lipinski definition) is 4. The summed E-state index contributed by atoms with van der Waals surface area (Å²) in [6.07, 6.45) is 2.70. The van der Waals surface area contributed by atoms with Crippen LogP contribution in [0.5, 0.6) is 0 Å². The zero-order chi connectivity index (χ0) is 13.0. The predicted octanol–water partition coefficient (Wildman–Crippen LogP) is 1.38. The van der Waals surface area contributed by atoms with Gasteiger partial charge in [0.05, 0.1) is 6.10 Å². The van der Waals surface area contributed by atoms with Crippen LogP contribution < -0.4 is 5.73 Å². The van der Waals surface area contributed by atoms with Crippen molar-refractivity contribution in [2.45, 2.75) is 12.5 Å². The SMILES string of the molecule is NCOC1=CC=C(C(=O)c2ccccc2)C(O)C1. The van der Waals surface area contributed by atoms with Crippen LogP contribution in [0.15, 0.2) is 53.8 Å². The summed E-state index contributed by atoms with van der Waals surface area (Å²) in [5, 5.41) is 9.95. The highest BCUT2D eigenvalue weighted by Gasteiger charge is 2.23. The van der Waals surface area contributed by atoms with Crippen LogP contribution in [0, 0.1) is 0 Å². The van der Waals surface area contributed by atoms with Gasteiger partial charge in [-0.25, -0.2) is 0 Å². The highest BCUT2D eigenvalue weighted by atomic mass is 16.5. The summed E-state index contributed by atoms with van der Waals surface area (Å²) in [6, 6.07) is 8.89. The van der Waals surface area contributed by atoms with Gasteiger partial charge in [0.25, 0.3) is 0 Å². The summed E-state index contributed by atoms with van der Waals surface area (Å²) in [5.41, 5.74) is 6.21. The number of ether oxygens (including phenoxy) is 1. The molecule has 1 aromatic carbocycles. The van der Waals surface area contributed by atoms with Crippen molar-refractivity contribution < 1.29 is 14.6 Å². The quantitative estimate of drug-likeness (QED) is 0.621. The van der Waals surface area contributed by atoms with E-state index in [1.165, 1.54) is 0 Å². The summed E-state index contributed by atoms with van der Waals surface area (Å²) in [6.45, 7) is 0.0638. The zero-order valence-corrected chi connectivity index (χ0v) is 9.87. The Bertz CT molecular complexity index is 491. The number of allylic oxidation sites excluding steroid dienone is 2. The van der Waals surface area contributed by atoms with E-state index in [1.54, 1.807) is 36.4 Å². The number of benzene rings is 1. The number of Topliss-reactive ketones (excluding diaryl/α,β-unsaturated/α-hetero) is 1. The van der Waals surface area contributed by atoms with Gasteiger partial charge >= 0.3 is 0 Å². The number of aliphatic hydroxyl groups excluding tert-OH is 1. The van der Waals surface area contributed by atoms with Gasteiger partial charge in [-0.05, 0) is 12.2 Å². The van der Waals surface area contributed by atoms with E-state index in [-0.39, 0.29) is 18.9 Å². The smallest absolute Gasteiger partial charge is 0.191 e. The molecule has 0 bridgehead atoms. The summed E-state index contributed by atoms with van der Waals surface area (Å²) in [5.74, 6) is 0.431. The van der Waals surface area contributed by atoms with Crippen molar-refractivity contribution in [2.24, 2.45) is 5.73 Å². The largest absolute Gasteiger partial charge is 0.483 e. The van der Waals surface area contributed by atoms with Crippen LogP contribution in [-0.2, 0) is 4.74 Å². The third kappa shape index (κ3) is 2.67. The van der Waals surface area contributed by atoms with E-state index in [1.807, 2.05) is 6.07 Å². The van der Waals surface area contributed by atoms with Crippen molar-refractivity contribution in [3.8, 4) is 0 Å². The Labute approximate surface area is 105 Å². The molecule has 2 rings (SSSR count). The Morgan fingerprint density at radius 2 is 2.06 bits per heavy atom. The molecule has 1 atom stereocenters. The third-order valence-electron chi connectivity index (χ3n) is 2.77. The lowest BCUT2D eigenvalue weighted by Crippen LogP contribution is -2.22. The Morgan fingerprint density at radius 1 is 1.33 bits per heavy atom. The average Bonchev–Trinajstić information content (AvgIpc) is 2.40. The monoisotopic (exact) mass is 245 g/mol. The van der Waals surface area contributed by atoms with Gasteiger partial charge in [-0.2, -0.15) is 0 Å². The minimum Gasteiger partial charge on any atom is -0.483 e. The van der Waals surface area contributed by atoms with Crippen molar-refractivity contribution in [1.29, 1.82) is 0 Å². The van der Waals surface area contributed by atoms with Crippen LogP contribution in [-0.4, -0.2) is 23.7 Å². The van der Waals surface area contributed by atoms with Gasteiger partial charge in [0, 0.05) is 17.6 Å². The molecule has 1 aromatic rings. The summed E-state index contributed by atoms with van der Waals surface area (Å²) in [7, 11) is 0. The maximum absolute atomic E-state index is 12.2. The van der Waals surface area contributed by atoms with Gasteiger partial charge in [0.1, 0.15) is 12.5 Å². The number of carbonyl (C=O) groups is 1. The van der Waals surface area contributed by atoms with Crippen LogP contribution in [0.2, 0.25) is 0 Å². The molecule has 0 spiro atoms. The fourth-order valence-electron chi connectivity index (χ4n) is 1.86. The molecule has 0 fully saturated rings. The van der Waals surface area contributed by atoms with Gasteiger partial charge in [0.2, 0.25) is 0 Å². The van der Waals surface area contributed by atoms with Crippen LogP contribution in [0.3, 0.4) is 0 Å². The maximum atomic E-state index is 12.2. The van der Waals surface area contributed by atoms with Crippen molar-refractivity contribution in [3.05, 3.63) is 59.4 Å². The molecule has 1 unspecified atom stereocenters. The van der Waals surface area contributed by atoms with Crippen LogP contribution in [0.1, 0.15) is 16.8 Å². The van der Waals surface area contributed by atoms with Crippen molar-refractivity contribution in [3.63, 3.8) is 0 Å². The summed E-state index contributed by atoms with van der Waals surface area (Å²) in [4.78, 5) is 12.2. The highest BCUT2D eigenvalue weighted by Crippen LogP contribution is 2.22. The molecule has 0 aliphatic heterocycles. The molecule has 0 saturated heterocycles. The van der Waals surface area contributed by atoms with Gasteiger partial charge < -0.3 is 9.84 Å². The molecular weight excluding hydrogens is 230 g/mol. The Kier molecular flexibility index (Phi) is 3.92. The number of ketones is 1. The average molecular weight is 245 g/mol. The summed E-state index contributed by atoms with van der Waals surface area (Å²) < 4.78 is 5.11. The molecular formula is C14H15NO3. The van der Waals surface area contributed by atoms with E-state index in [4.69, 9.17) is 10.5 Å². The Hall–Kier alpha value is -1.91. The number of hydrogen-bond donors (Lipinski definition) is 2. The standard InChI is InChI=1S/C14H15NO3/c15-9-18-11-6-7-12(13(16)8-11)14(17)10-4-2-1-3-5-10/h1-7,13,16H,8-9,15H2. The van der Waals surface area contributed by atoms with Crippen LogP contribution >= 0.6 is 0 Å². The van der Waals surface area contributed by atoms with E-state index in [0.717, 1.165) is 0 Å². The lowest BCUT2D eigenvalue weighted by molar-refractivity contribution is 0.0967. The second kappa shape index (κ2) is 5.62. The second-order valence-corrected chi connectivity index (χ2v) is 3.98. The first-order valence-electron chi connectivity index (χ1n) is 5.74.